The Labute approximate surface area is 126 Å². The van der Waals surface area contributed by atoms with Gasteiger partial charge in [-0.15, -0.1) is 0 Å². The lowest BCUT2D eigenvalue weighted by atomic mass is 9.85. The fraction of sp³-hybridized carbons (Fsp3) is 1.00. The first kappa shape index (κ1) is 20.7. The van der Waals surface area contributed by atoms with Crippen LogP contribution in [0.1, 0.15) is 19.3 Å². The first-order valence-corrected chi connectivity index (χ1v) is 7.41. The molecule has 0 unspecified atom stereocenters. The molecule has 0 heterocycles. The van der Waals surface area contributed by atoms with Crippen LogP contribution in [0.25, 0.3) is 0 Å². The normalized spacial score (nSPS) is 12.0. The predicted molar refractivity (Wildman–Crippen MR) is 77.1 cm³/mol. The van der Waals surface area contributed by atoms with E-state index in [1.54, 1.807) is 0 Å². The molecule has 128 valence electrons. The Balaban J connectivity index is 4.52. The third kappa shape index (κ3) is 11.0. The minimum Gasteiger partial charge on any atom is -0.396 e. The van der Waals surface area contributed by atoms with Gasteiger partial charge in [0.1, 0.15) is 0 Å². The molecule has 0 aliphatic carbocycles. The zero-order valence-corrected chi connectivity index (χ0v) is 12.7. The molecular weight excluding hydrogens is 280 g/mol. The van der Waals surface area contributed by atoms with Gasteiger partial charge in [-0.2, -0.15) is 0 Å². The summed E-state index contributed by atoms with van der Waals surface area (Å²) in [4.78, 5) is 0. The molecule has 0 saturated heterocycles. The second-order valence-corrected chi connectivity index (χ2v) is 5.01. The lowest BCUT2D eigenvalue weighted by molar-refractivity contribution is -0.0847. The van der Waals surface area contributed by atoms with Gasteiger partial charge in [0, 0.05) is 12.0 Å². The summed E-state index contributed by atoms with van der Waals surface area (Å²) in [7, 11) is 0. The number of rotatable bonds is 16. The van der Waals surface area contributed by atoms with E-state index < -0.39 is 5.41 Å². The smallest absolute Gasteiger partial charge is 0.0698 e. The molecule has 7 heteroatoms. The topological polar surface area (TPSA) is 109 Å². The Morgan fingerprint density at radius 3 is 1.33 bits per heavy atom. The van der Waals surface area contributed by atoms with E-state index >= 15 is 0 Å². The van der Waals surface area contributed by atoms with Crippen molar-refractivity contribution in [2.45, 2.75) is 19.3 Å². The number of unbranched alkanes of at least 4 members (excludes halogenated alkanes) is 1. The molecule has 0 aliphatic rings. The number of aliphatic hydroxyl groups excluding tert-OH is 4. The molecule has 0 spiro atoms. The molecule has 0 aromatic carbocycles. The van der Waals surface area contributed by atoms with E-state index in [0.717, 1.165) is 12.8 Å². The Morgan fingerprint density at radius 2 is 1.00 bits per heavy atom. The Bertz CT molecular complexity index is 168. The molecule has 4 N–H and O–H groups in total. The summed E-state index contributed by atoms with van der Waals surface area (Å²) in [6.07, 6.45) is 2.21. The fourth-order valence-corrected chi connectivity index (χ4v) is 2.01. The van der Waals surface area contributed by atoms with E-state index in [-0.39, 0.29) is 46.2 Å². The monoisotopic (exact) mass is 310 g/mol. The van der Waals surface area contributed by atoms with Crippen LogP contribution in [-0.2, 0) is 14.2 Å². The predicted octanol–water partition coefficient (Wildman–Crippen LogP) is -0.838. The second-order valence-electron chi connectivity index (χ2n) is 5.01. The zero-order valence-electron chi connectivity index (χ0n) is 12.7. The van der Waals surface area contributed by atoms with Crippen molar-refractivity contribution < 1.29 is 34.6 Å². The number of hydrogen-bond acceptors (Lipinski definition) is 7. The molecule has 0 aromatic heterocycles. The summed E-state index contributed by atoms with van der Waals surface area (Å²) in [5.74, 6) is 0. The highest BCUT2D eigenvalue weighted by Gasteiger charge is 2.31. The SMILES string of the molecule is OCCCCC(COCCO)(COCCO)COCCO. The lowest BCUT2D eigenvalue weighted by Gasteiger charge is -2.33. The van der Waals surface area contributed by atoms with Crippen LogP contribution in [-0.4, -0.2) is 86.5 Å². The van der Waals surface area contributed by atoms with E-state index in [2.05, 4.69) is 0 Å². The average molecular weight is 310 g/mol. The number of aliphatic hydroxyl groups is 4. The van der Waals surface area contributed by atoms with Gasteiger partial charge in [0.05, 0.1) is 59.5 Å². The first-order chi connectivity index (χ1) is 10.2. The minimum absolute atomic E-state index is 0.0539. The van der Waals surface area contributed by atoms with Crippen LogP contribution in [0.3, 0.4) is 0 Å². The average Bonchev–Trinajstić information content (AvgIpc) is 2.48. The van der Waals surface area contributed by atoms with Gasteiger partial charge in [-0.05, 0) is 12.8 Å². The maximum absolute atomic E-state index is 8.91. The van der Waals surface area contributed by atoms with E-state index in [1.807, 2.05) is 0 Å². The van der Waals surface area contributed by atoms with Gasteiger partial charge >= 0.3 is 0 Å². The van der Waals surface area contributed by atoms with Gasteiger partial charge in [-0.25, -0.2) is 0 Å². The minimum atomic E-state index is -0.408. The van der Waals surface area contributed by atoms with Gasteiger partial charge in [0.2, 0.25) is 0 Å². The van der Waals surface area contributed by atoms with E-state index in [1.165, 1.54) is 0 Å². The quantitative estimate of drug-likeness (QED) is 0.275. The lowest BCUT2D eigenvalue weighted by Crippen LogP contribution is -2.38. The molecule has 7 nitrogen and oxygen atoms in total. The van der Waals surface area contributed by atoms with Crippen LogP contribution < -0.4 is 0 Å². The summed E-state index contributed by atoms with van der Waals surface area (Å²) in [5, 5.41) is 35.4. The van der Waals surface area contributed by atoms with Crippen molar-refractivity contribution in [3.8, 4) is 0 Å². The summed E-state index contributed by atoms with van der Waals surface area (Å²) < 4.78 is 16.3. The van der Waals surface area contributed by atoms with Crippen molar-refractivity contribution in [3.63, 3.8) is 0 Å². The van der Waals surface area contributed by atoms with E-state index in [0.29, 0.717) is 26.2 Å². The summed E-state index contributed by atoms with van der Waals surface area (Å²) in [6.45, 7) is 1.75. The Kier molecular flexibility index (Phi) is 14.5. The van der Waals surface area contributed by atoms with Gasteiger partial charge < -0.3 is 34.6 Å². The standard InChI is InChI=1S/C14H30O7/c15-4-2-1-3-14(11-19-8-5-16,12-20-9-6-17)13-21-10-7-18/h15-18H,1-13H2. The van der Waals surface area contributed by atoms with Crippen molar-refractivity contribution in [2.24, 2.45) is 5.41 Å². The van der Waals surface area contributed by atoms with E-state index in [4.69, 9.17) is 34.6 Å². The van der Waals surface area contributed by atoms with Crippen LogP contribution in [0.2, 0.25) is 0 Å². The van der Waals surface area contributed by atoms with Gasteiger partial charge in [-0.1, -0.05) is 6.42 Å². The highest BCUT2D eigenvalue weighted by molar-refractivity contribution is 4.79. The third-order valence-electron chi connectivity index (χ3n) is 3.05. The molecule has 0 saturated carbocycles. The Hall–Kier alpha value is -0.280. The maximum Gasteiger partial charge on any atom is 0.0698 e. The largest absolute Gasteiger partial charge is 0.396 e. The van der Waals surface area contributed by atoms with Crippen molar-refractivity contribution in [1.29, 1.82) is 0 Å². The molecule has 0 bridgehead atoms. The number of hydrogen-bond donors (Lipinski definition) is 4. The van der Waals surface area contributed by atoms with Crippen molar-refractivity contribution in [1.82, 2.24) is 0 Å². The van der Waals surface area contributed by atoms with Crippen molar-refractivity contribution in [3.05, 3.63) is 0 Å². The number of ether oxygens (including phenoxy) is 3. The van der Waals surface area contributed by atoms with Crippen molar-refractivity contribution in [2.75, 3.05) is 66.1 Å². The molecule has 0 radical (unpaired) electrons. The first-order valence-electron chi connectivity index (χ1n) is 7.41. The molecule has 0 atom stereocenters. The van der Waals surface area contributed by atoms with Crippen LogP contribution in [0.15, 0.2) is 0 Å². The highest BCUT2D eigenvalue weighted by Crippen LogP contribution is 2.27. The molecular formula is C14H30O7. The van der Waals surface area contributed by atoms with Gasteiger partial charge in [-0.3, -0.25) is 0 Å². The van der Waals surface area contributed by atoms with Crippen LogP contribution in [0.5, 0.6) is 0 Å². The van der Waals surface area contributed by atoms with Crippen LogP contribution in [0, 0.1) is 5.41 Å². The molecule has 0 amide bonds. The Morgan fingerprint density at radius 1 is 0.571 bits per heavy atom. The summed E-state index contributed by atoms with van der Waals surface area (Å²) in [6, 6.07) is 0. The molecule has 21 heavy (non-hydrogen) atoms. The maximum atomic E-state index is 8.91. The molecule has 0 aliphatic heterocycles. The fourth-order valence-electron chi connectivity index (χ4n) is 2.01. The molecule has 0 rings (SSSR count). The van der Waals surface area contributed by atoms with Crippen LogP contribution >= 0.6 is 0 Å². The van der Waals surface area contributed by atoms with Crippen LogP contribution in [0.4, 0.5) is 0 Å². The zero-order chi connectivity index (χ0) is 15.8. The second kappa shape index (κ2) is 14.6. The highest BCUT2D eigenvalue weighted by atomic mass is 16.5. The molecule has 0 fully saturated rings. The molecule has 0 aromatic rings. The van der Waals surface area contributed by atoms with Crippen molar-refractivity contribution >= 4 is 0 Å². The third-order valence-corrected chi connectivity index (χ3v) is 3.05. The summed E-state index contributed by atoms with van der Waals surface area (Å²) >= 11 is 0. The van der Waals surface area contributed by atoms with E-state index in [9.17, 15) is 0 Å². The van der Waals surface area contributed by atoms with Gasteiger partial charge in [0.15, 0.2) is 0 Å². The summed E-state index contributed by atoms with van der Waals surface area (Å²) in [5.41, 5.74) is -0.408. The van der Waals surface area contributed by atoms with Gasteiger partial charge in [0.25, 0.3) is 0 Å².